The molecule has 0 heterocycles. The molecule has 0 spiro atoms. The van der Waals surface area contributed by atoms with Crippen molar-refractivity contribution in [2.45, 2.75) is 57.6 Å². The summed E-state index contributed by atoms with van der Waals surface area (Å²) in [6.07, 6.45) is 0. The van der Waals surface area contributed by atoms with Crippen LogP contribution in [-0.4, -0.2) is 29.9 Å². The van der Waals surface area contributed by atoms with Crippen molar-refractivity contribution in [2.75, 3.05) is 13.2 Å². The first-order valence-corrected chi connectivity index (χ1v) is 12.3. The molecule has 0 saturated carbocycles. The Hall–Kier alpha value is -0.693. The van der Waals surface area contributed by atoms with Crippen molar-refractivity contribution < 1.29 is 17.0 Å². The molecule has 1 aromatic carbocycles. The second-order valence-electron chi connectivity index (χ2n) is 7.73. The van der Waals surface area contributed by atoms with E-state index in [1.807, 2.05) is 13.8 Å². The average molecular weight is 359 g/mol. The van der Waals surface area contributed by atoms with Crippen LogP contribution in [-0.2, 0) is 18.7 Å². The third-order valence-corrected chi connectivity index (χ3v) is 10.1. The standard InChI is InChI=1S/C17H30O4SSi/c1-14-8-10-16(11-9-14)22(18,19)20-12-15(2)13-21-23(6,7)17(3,4)5/h8-11,15H,12-13H2,1-7H3/t15-/m1/s1. The average Bonchev–Trinajstić information content (AvgIpc) is 2.42. The lowest BCUT2D eigenvalue weighted by Crippen LogP contribution is -2.42. The summed E-state index contributed by atoms with van der Waals surface area (Å²) in [6.45, 7) is 15.4. The number of hydrogen-bond acceptors (Lipinski definition) is 4. The van der Waals surface area contributed by atoms with Crippen LogP contribution in [0.4, 0.5) is 0 Å². The molecule has 0 saturated heterocycles. The smallest absolute Gasteiger partial charge is 0.296 e. The van der Waals surface area contributed by atoms with Gasteiger partial charge in [-0.1, -0.05) is 45.4 Å². The second-order valence-corrected chi connectivity index (χ2v) is 14.2. The molecule has 0 fully saturated rings. The minimum Gasteiger partial charge on any atom is -0.416 e. The maximum atomic E-state index is 12.2. The Balaban J connectivity index is 2.56. The summed E-state index contributed by atoms with van der Waals surface area (Å²) in [5, 5.41) is 0.140. The molecule has 132 valence electrons. The minimum atomic E-state index is -3.70. The fraction of sp³-hybridized carbons (Fsp3) is 0.647. The van der Waals surface area contributed by atoms with Crippen LogP contribution in [0.15, 0.2) is 29.2 Å². The van der Waals surface area contributed by atoms with Crippen molar-refractivity contribution >= 4 is 18.4 Å². The molecule has 0 aromatic heterocycles. The van der Waals surface area contributed by atoms with Gasteiger partial charge in [-0.15, -0.1) is 0 Å². The molecule has 1 atom stereocenters. The highest BCUT2D eigenvalue weighted by molar-refractivity contribution is 7.86. The molecular weight excluding hydrogens is 328 g/mol. The molecule has 0 aliphatic carbocycles. The van der Waals surface area contributed by atoms with Crippen LogP contribution < -0.4 is 0 Å². The van der Waals surface area contributed by atoms with E-state index in [4.69, 9.17) is 8.61 Å². The van der Waals surface area contributed by atoms with E-state index in [0.29, 0.717) is 6.61 Å². The Kier molecular flexibility index (Phi) is 6.61. The second kappa shape index (κ2) is 7.47. The zero-order valence-electron chi connectivity index (χ0n) is 15.3. The zero-order chi connectivity index (χ0) is 17.9. The molecule has 0 aliphatic rings. The number of benzene rings is 1. The Morgan fingerprint density at radius 1 is 1.09 bits per heavy atom. The molecule has 1 rings (SSSR count). The molecule has 23 heavy (non-hydrogen) atoms. The van der Waals surface area contributed by atoms with Crippen LogP contribution in [0.2, 0.25) is 18.1 Å². The van der Waals surface area contributed by atoms with E-state index in [0.717, 1.165) is 5.56 Å². The highest BCUT2D eigenvalue weighted by atomic mass is 32.2. The minimum absolute atomic E-state index is 0.0179. The first kappa shape index (κ1) is 20.4. The van der Waals surface area contributed by atoms with E-state index in [2.05, 4.69) is 33.9 Å². The van der Waals surface area contributed by atoms with Gasteiger partial charge in [-0.3, -0.25) is 4.18 Å². The van der Waals surface area contributed by atoms with Crippen molar-refractivity contribution in [1.29, 1.82) is 0 Å². The molecule has 0 aliphatic heterocycles. The Morgan fingerprint density at radius 2 is 1.61 bits per heavy atom. The predicted octanol–water partition coefficient (Wildman–Crippen LogP) is 4.36. The summed E-state index contributed by atoms with van der Waals surface area (Å²) in [4.78, 5) is 0.195. The Morgan fingerprint density at radius 3 is 2.09 bits per heavy atom. The third kappa shape index (κ3) is 6.03. The van der Waals surface area contributed by atoms with E-state index >= 15 is 0 Å². The SMILES string of the molecule is Cc1ccc(S(=O)(=O)OC[C@@H](C)CO[Si](C)(C)C(C)(C)C)cc1. The van der Waals surface area contributed by atoms with Crippen molar-refractivity contribution in [2.24, 2.45) is 5.92 Å². The van der Waals surface area contributed by atoms with Crippen LogP contribution in [0, 0.1) is 12.8 Å². The van der Waals surface area contributed by atoms with E-state index in [1.54, 1.807) is 24.3 Å². The fourth-order valence-electron chi connectivity index (χ4n) is 1.59. The van der Waals surface area contributed by atoms with Crippen LogP contribution in [0.25, 0.3) is 0 Å². The van der Waals surface area contributed by atoms with Crippen LogP contribution in [0.1, 0.15) is 33.3 Å². The highest BCUT2D eigenvalue weighted by Gasteiger charge is 2.37. The molecule has 0 radical (unpaired) electrons. The number of aryl methyl sites for hydroxylation is 1. The molecule has 1 aromatic rings. The van der Waals surface area contributed by atoms with Gasteiger partial charge in [0.1, 0.15) is 0 Å². The maximum absolute atomic E-state index is 12.2. The van der Waals surface area contributed by atoms with Crippen molar-refractivity contribution in [3.63, 3.8) is 0 Å². The van der Waals surface area contributed by atoms with Gasteiger partial charge in [0.2, 0.25) is 0 Å². The summed E-state index contributed by atoms with van der Waals surface area (Å²) in [5.41, 5.74) is 1.01. The molecular formula is C17H30O4SSi. The lowest BCUT2D eigenvalue weighted by molar-refractivity contribution is 0.181. The zero-order valence-corrected chi connectivity index (χ0v) is 17.2. The van der Waals surface area contributed by atoms with Crippen molar-refractivity contribution in [3.05, 3.63) is 29.8 Å². The van der Waals surface area contributed by atoms with Gasteiger partial charge in [-0.05, 0) is 37.2 Å². The molecule has 0 bridgehead atoms. The number of hydrogen-bond donors (Lipinski definition) is 0. The monoisotopic (exact) mass is 358 g/mol. The highest BCUT2D eigenvalue weighted by Crippen LogP contribution is 2.36. The van der Waals surface area contributed by atoms with Crippen LogP contribution in [0.5, 0.6) is 0 Å². The summed E-state index contributed by atoms with van der Waals surface area (Å²) >= 11 is 0. The van der Waals surface area contributed by atoms with Gasteiger partial charge in [-0.2, -0.15) is 8.42 Å². The molecule has 6 heteroatoms. The molecule has 0 unspecified atom stereocenters. The van der Waals surface area contributed by atoms with E-state index in [9.17, 15) is 8.42 Å². The van der Waals surface area contributed by atoms with Crippen molar-refractivity contribution in [1.82, 2.24) is 0 Å². The Bertz CT molecular complexity index is 600. The predicted molar refractivity (Wildman–Crippen MR) is 96.6 cm³/mol. The van der Waals surface area contributed by atoms with E-state index in [1.165, 1.54) is 0 Å². The summed E-state index contributed by atoms with van der Waals surface area (Å²) < 4.78 is 35.6. The largest absolute Gasteiger partial charge is 0.416 e. The normalized spacial score (nSPS) is 14.7. The lowest BCUT2D eigenvalue weighted by atomic mass is 10.2. The third-order valence-electron chi connectivity index (χ3n) is 4.35. The van der Waals surface area contributed by atoms with E-state index in [-0.39, 0.29) is 22.5 Å². The summed E-state index contributed by atoms with van der Waals surface area (Å²) in [6, 6.07) is 6.67. The van der Waals surface area contributed by atoms with Crippen LogP contribution >= 0.6 is 0 Å². The van der Waals surface area contributed by atoms with Gasteiger partial charge in [0, 0.05) is 12.5 Å². The Labute approximate surface area is 142 Å². The van der Waals surface area contributed by atoms with Gasteiger partial charge in [0.15, 0.2) is 8.32 Å². The van der Waals surface area contributed by atoms with Crippen molar-refractivity contribution in [3.8, 4) is 0 Å². The summed E-state index contributed by atoms with van der Waals surface area (Å²) in [7, 11) is -5.52. The lowest BCUT2D eigenvalue weighted by Gasteiger charge is -2.36. The van der Waals surface area contributed by atoms with Crippen LogP contribution in [0.3, 0.4) is 0 Å². The van der Waals surface area contributed by atoms with Gasteiger partial charge < -0.3 is 4.43 Å². The topological polar surface area (TPSA) is 52.6 Å². The molecule has 0 N–H and O–H groups in total. The van der Waals surface area contributed by atoms with E-state index < -0.39 is 18.4 Å². The maximum Gasteiger partial charge on any atom is 0.296 e. The van der Waals surface area contributed by atoms with Gasteiger partial charge in [0.25, 0.3) is 10.1 Å². The quantitative estimate of drug-likeness (QED) is 0.537. The fourth-order valence-corrected chi connectivity index (χ4v) is 3.75. The van der Waals surface area contributed by atoms with Gasteiger partial charge >= 0.3 is 0 Å². The first-order chi connectivity index (χ1) is 10.3. The first-order valence-electron chi connectivity index (χ1n) is 7.95. The summed E-state index contributed by atoms with van der Waals surface area (Å²) in [5.74, 6) is 0.0179. The van der Waals surface area contributed by atoms with Gasteiger partial charge in [-0.25, -0.2) is 0 Å². The molecule has 0 amide bonds. The number of rotatable bonds is 7. The molecule has 4 nitrogen and oxygen atoms in total. The van der Waals surface area contributed by atoms with Gasteiger partial charge in [0.05, 0.1) is 11.5 Å².